The summed E-state index contributed by atoms with van der Waals surface area (Å²) in [4.78, 5) is 14.6. The van der Waals surface area contributed by atoms with Gasteiger partial charge in [0.1, 0.15) is 6.17 Å². The van der Waals surface area contributed by atoms with Crippen LogP contribution in [0, 0.1) is 0 Å². The Hall–Kier alpha value is -2.69. The Bertz CT molecular complexity index is 730. The lowest BCUT2D eigenvalue weighted by Gasteiger charge is -2.38. The summed E-state index contributed by atoms with van der Waals surface area (Å²) in [7, 11) is 1.51. The van der Waals surface area contributed by atoms with Gasteiger partial charge in [-0.2, -0.15) is 0 Å². The summed E-state index contributed by atoms with van der Waals surface area (Å²) < 4.78 is 5.19. The minimum Gasteiger partial charge on any atom is -0.504 e. The van der Waals surface area contributed by atoms with Crippen molar-refractivity contribution in [2.75, 3.05) is 19.0 Å². The molecule has 1 aliphatic rings. The van der Waals surface area contributed by atoms with Gasteiger partial charge in [0.25, 0.3) is 5.91 Å². The number of ether oxygens (including phenoxy) is 1. The van der Waals surface area contributed by atoms with E-state index in [4.69, 9.17) is 4.74 Å². The number of phenols is 1. The van der Waals surface area contributed by atoms with E-state index in [0.717, 1.165) is 17.7 Å². The Balaban J connectivity index is 2.04. The molecule has 0 unspecified atom stereocenters. The second-order valence-corrected chi connectivity index (χ2v) is 5.52. The van der Waals surface area contributed by atoms with Gasteiger partial charge in [0.15, 0.2) is 11.5 Å². The summed E-state index contributed by atoms with van der Waals surface area (Å²) >= 11 is 0. The fraction of sp³-hybridized carbons (Fsp3) is 0.278. The fourth-order valence-corrected chi connectivity index (χ4v) is 2.89. The molecule has 2 aromatic carbocycles. The van der Waals surface area contributed by atoms with Gasteiger partial charge in [-0.05, 0) is 36.2 Å². The van der Waals surface area contributed by atoms with Gasteiger partial charge in [0.2, 0.25) is 0 Å². The maximum atomic E-state index is 12.8. The molecule has 5 heteroatoms. The molecule has 3 rings (SSSR count). The molecule has 0 fully saturated rings. The van der Waals surface area contributed by atoms with Crippen molar-refractivity contribution in [1.82, 2.24) is 4.90 Å². The van der Waals surface area contributed by atoms with E-state index in [1.54, 1.807) is 18.2 Å². The molecule has 2 aromatic rings. The molecule has 0 aromatic heterocycles. The maximum Gasteiger partial charge on any atom is 0.257 e. The van der Waals surface area contributed by atoms with Crippen molar-refractivity contribution in [1.29, 1.82) is 0 Å². The molecule has 5 nitrogen and oxygen atoms in total. The first-order valence-electron chi connectivity index (χ1n) is 7.69. The quantitative estimate of drug-likeness (QED) is 0.908. The molecule has 1 atom stereocenters. The first-order valence-corrected chi connectivity index (χ1v) is 7.69. The molecule has 0 radical (unpaired) electrons. The van der Waals surface area contributed by atoms with Crippen LogP contribution in [-0.4, -0.2) is 29.6 Å². The first kappa shape index (κ1) is 15.2. The lowest BCUT2D eigenvalue weighted by atomic mass is 10.0. The Kier molecular flexibility index (Phi) is 4.10. The van der Waals surface area contributed by atoms with Gasteiger partial charge in [-0.25, -0.2) is 0 Å². The maximum absolute atomic E-state index is 12.8. The van der Waals surface area contributed by atoms with Crippen LogP contribution in [0.1, 0.15) is 35.4 Å². The van der Waals surface area contributed by atoms with Gasteiger partial charge < -0.3 is 20.1 Å². The molecule has 2 N–H and O–H groups in total. The fourth-order valence-electron chi connectivity index (χ4n) is 2.89. The summed E-state index contributed by atoms with van der Waals surface area (Å²) in [5.41, 5.74) is 2.38. The van der Waals surface area contributed by atoms with Crippen LogP contribution in [0.2, 0.25) is 0 Å². The third kappa shape index (κ3) is 2.70. The third-order valence-electron chi connectivity index (χ3n) is 4.01. The number of methoxy groups -OCH3 is 1. The van der Waals surface area contributed by atoms with Crippen molar-refractivity contribution in [3.8, 4) is 11.5 Å². The highest BCUT2D eigenvalue weighted by Gasteiger charge is 2.32. The van der Waals surface area contributed by atoms with Gasteiger partial charge >= 0.3 is 0 Å². The molecule has 120 valence electrons. The van der Waals surface area contributed by atoms with Gasteiger partial charge in [0, 0.05) is 12.2 Å². The third-order valence-corrected chi connectivity index (χ3v) is 4.01. The molecular weight excluding hydrogens is 292 g/mol. The zero-order valence-corrected chi connectivity index (χ0v) is 13.2. The van der Waals surface area contributed by atoms with Gasteiger partial charge in [0.05, 0.1) is 12.7 Å². The van der Waals surface area contributed by atoms with Crippen molar-refractivity contribution in [2.24, 2.45) is 0 Å². The van der Waals surface area contributed by atoms with Crippen molar-refractivity contribution in [3.05, 3.63) is 53.6 Å². The van der Waals surface area contributed by atoms with Crippen molar-refractivity contribution >= 4 is 11.6 Å². The topological polar surface area (TPSA) is 61.8 Å². The lowest BCUT2D eigenvalue weighted by Crippen LogP contribution is -2.43. The zero-order chi connectivity index (χ0) is 16.4. The minimum atomic E-state index is -0.285. The predicted molar refractivity (Wildman–Crippen MR) is 88.8 cm³/mol. The largest absolute Gasteiger partial charge is 0.504 e. The van der Waals surface area contributed by atoms with E-state index in [0.29, 0.717) is 17.9 Å². The first-order chi connectivity index (χ1) is 11.2. The number of hydrogen-bond acceptors (Lipinski definition) is 4. The number of amides is 1. The van der Waals surface area contributed by atoms with E-state index >= 15 is 0 Å². The molecular formula is C18H20N2O3. The van der Waals surface area contributed by atoms with Gasteiger partial charge in [-0.3, -0.25) is 4.79 Å². The SMILES string of the molecule is CCCN1C(=O)c2ccccc2N[C@@H]1c1ccc(O)c(OC)c1. The van der Waals surface area contributed by atoms with Crippen LogP contribution in [0.15, 0.2) is 42.5 Å². The van der Waals surface area contributed by atoms with E-state index in [-0.39, 0.29) is 17.8 Å². The molecule has 23 heavy (non-hydrogen) atoms. The van der Waals surface area contributed by atoms with Gasteiger partial charge in [-0.15, -0.1) is 0 Å². The minimum absolute atomic E-state index is 0.0123. The predicted octanol–water partition coefficient (Wildman–Crippen LogP) is 3.38. The van der Waals surface area contributed by atoms with Crippen molar-refractivity contribution < 1.29 is 14.6 Å². The number of phenolic OH excluding ortho intramolecular Hbond substituents is 1. The smallest absolute Gasteiger partial charge is 0.257 e. The lowest BCUT2D eigenvalue weighted by molar-refractivity contribution is 0.0683. The number of nitrogens with one attached hydrogen (secondary N) is 1. The summed E-state index contributed by atoms with van der Waals surface area (Å²) in [5, 5.41) is 13.2. The van der Waals surface area contributed by atoms with Crippen LogP contribution in [0.5, 0.6) is 11.5 Å². The molecule has 1 heterocycles. The summed E-state index contributed by atoms with van der Waals surface area (Å²) in [6.07, 6.45) is 0.577. The number of carbonyl (C=O) groups excluding carboxylic acids is 1. The van der Waals surface area contributed by atoms with Crippen LogP contribution in [0.3, 0.4) is 0 Å². The Morgan fingerprint density at radius 1 is 1.26 bits per heavy atom. The number of nitrogens with zero attached hydrogens (tertiary/aromatic N) is 1. The number of carbonyl (C=O) groups is 1. The number of benzene rings is 2. The van der Waals surface area contributed by atoms with E-state index in [1.807, 2.05) is 36.1 Å². The average molecular weight is 312 g/mol. The average Bonchev–Trinajstić information content (AvgIpc) is 2.58. The molecule has 1 aliphatic heterocycles. The van der Waals surface area contributed by atoms with Crippen LogP contribution >= 0.6 is 0 Å². The molecule has 0 aliphatic carbocycles. The molecule has 1 amide bonds. The molecule has 0 bridgehead atoms. The van der Waals surface area contributed by atoms with Crippen LogP contribution in [0.25, 0.3) is 0 Å². The molecule has 0 saturated heterocycles. The van der Waals surface area contributed by atoms with E-state index in [1.165, 1.54) is 7.11 Å². The summed E-state index contributed by atoms with van der Waals surface area (Å²) in [6, 6.07) is 12.7. The Morgan fingerprint density at radius 3 is 2.78 bits per heavy atom. The monoisotopic (exact) mass is 312 g/mol. The molecule has 0 saturated carbocycles. The summed E-state index contributed by atoms with van der Waals surface area (Å²) in [6.45, 7) is 2.69. The number of fused-ring (bicyclic) bond motifs is 1. The van der Waals surface area contributed by atoms with Crippen molar-refractivity contribution in [2.45, 2.75) is 19.5 Å². The molecule has 0 spiro atoms. The Labute approximate surface area is 135 Å². The zero-order valence-electron chi connectivity index (χ0n) is 13.2. The highest BCUT2D eigenvalue weighted by molar-refractivity contribution is 6.01. The normalized spacial score (nSPS) is 16.7. The van der Waals surface area contributed by atoms with Crippen LogP contribution in [0.4, 0.5) is 5.69 Å². The number of anilines is 1. The van der Waals surface area contributed by atoms with Gasteiger partial charge in [-0.1, -0.05) is 25.1 Å². The standard InChI is InChI=1S/C18H20N2O3/c1-3-10-20-17(12-8-9-15(21)16(11-12)23-2)19-14-7-5-4-6-13(14)18(20)22/h4-9,11,17,19,21H,3,10H2,1-2H3/t17-/m0/s1. The number of aromatic hydroxyl groups is 1. The van der Waals surface area contributed by atoms with E-state index in [2.05, 4.69) is 5.32 Å². The highest BCUT2D eigenvalue weighted by atomic mass is 16.5. The second-order valence-electron chi connectivity index (χ2n) is 5.52. The number of para-hydroxylation sites is 1. The Morgan fingerprint density at radius 2 is 2.04 bits per heavy atom. The van der Waals surface area contributed by atoms with E-state index < -0.39 is 0 Å². The van der Waals surface area contributed by atoms with Crippen molar-refractivity contribution in [3.63, 3.8) is 0 Å². The van der Waals surface area contributed by atoms with Crippen LogP contribution in [-0.2, 0) is 0 Å². The number of hydrogen-bond donors (Lipinski definition) is 2. The summed E-state index contributed by atoms with van der Waals surface area (Å²) in [5.74, 6) is 0.492. The highest BCUT2D eigenvalue weighted by Crippen LogP contribution is 2.36. The van der Waals surface area contributed by atoms with E-state index in [9.17, 15) is 9.90 Å². The second kappa shape index (κ2) is 6.20. The van der Waals surface area contributed by atoms with Crippen LogP contribution < -0.4 is 10.1 Å². The number of rotatable bonds is 4.